The third kappa shape index (κ3) is 5.11. The second-order valence-corrected chi connectivity index (χ2v) is 10.5. The maximum Gasteiger partial charge on any atom is 0.256 e. The quantitative estimate of drug-likeness (QED) is 0.686. The number of amides is 2. The number of hydrogen-bond donors (Lipinski definition) is 2. The second-order valence-electron chi connectivity index (χ2n) is 8.74. The monoisotopic (exact) mass is 471 g/mol. The van der Waals surface area contributed by atoms with E-state index in [1.54, 1.807) is 23.1 Å². The average molecular weight is 472 g/mol. The lowest BCUT2D eigenvalue weighted by Gasteiger charge is -2.36. The summed E-state index contributed by atoms with van der Waals surface area (Å²) in [5.41, 5.74) is 3.38. The van der Waals surface area contributed by atoms with Crippen LogP contribution in [-0.4, -0.2) is 69.1 Å². The number of benzene rings is 1. The van der Waals surface area contributed by atoms with Gasteiger partial charge in [-0.2, -0.15) is 0 Å². The number of piperazine rings is 1. The minimum Gasteiger partial charge on any atom is -0.356 e. The molecule has 2 N–H and O–H groups in total. The van der Waals surface area contributed by atoms with Crippen molar-refractivity contribution in [1.29, 1.82) is 0 Å². The zero-order valence-electron chi connectivity index (χ0n) is 19.1. The van der Waals surface area contributed by atoms with E-state index in [4.69, 9.17) is 0 Å². The maximum absolute atomic E-state index is 13.3. The fourth-order valence-corrected chi connectivity index (χ4v) is 5.06. The van der Waals surface area contributed by atoms with Gasteiger partial charge in [0, 0.05) is 38.9 Å². The van der Waals surface area contributed by atoms with Gasteiger partial charge in [-0.3, -0.25) is 14.3 Å². The predicted octanol–water partition coefficient (Wildman–Crippen LogP) is 1.64. The van der Waals surface area contributed by atoms with Gasteiger partial charge >= 0.3 is 0 Å². The number of anilines is 2. The smallest absolute Gasteiger partial charge is 0.256 e. The fourth-order valence-electron chi connectivity index (χ4n) is 4.49. The first-order chi connectivity index (χ1) is 15.6. The first-order valence-corrected chi connectivity index (χ1v) is 12.9. The molecule has 2 aromatic rings. The van der Waals surface area contributed by atoms with Crippen LogP contribution in [0.2, 0.25) is 0 Å². The van der Waals surface area contributed by atoms with Gasteiger partial charge in [0.25, 0.3) is 5.91 Å². The van der Waals surface area contributed by atoms with Crippen LogP contribution in [-0.2, 0) is 14.8 Å². The molecule has 9 nitrogen and oxygen atoms in total. The Kier molecular flexibility index (Phi) is 6.29. The van der Waals surface area contributed by atoms with Gasteiger partial charge < -0.3 is 15.1 Å². The summed E-state index contributed by atoms with van der Waals surface area (Å²) in [6.45, 7) is 6.89. The Labute approximate surface area is 194 Å². The minimum atomic E-state index is -3.61. The van der Waals surface area contributed by atoms with Gasteiger partial charge in [-0.25, -0.2) is 13.4 Å². The van der Waals surface area contributed by atoms with E-state index in [9.17, 15) is 18.0 Å². The zero-order chi connectivity index (χ0) is 23.8. The molecule has 4 rings (SSSR count). The lowest BCUT2D eigenvalue weighted by molar-refractivity contribution is -0.120. The summed E-state index contributed by atoms with van der Waals surface area (Å²) in [6.07, 6.45) is 3.53. The van der Waals surface area contributed by atoms with E-state index in [0.717, 1.165) is 23.2 Å². The van der Waals surface area contributed by atoms with Gasteiger partial charge in [0.1, 0.15) is 5.82 Å². The minimum absolute atomic E-state index is 0.0875. The Bertz CT molecular complexity index is 1190. The summed E-state index contributed by atoms with van der Waals surface area (Å²) >= 11 is 0. The summed E-state index contributed by atoms with van der Waals surface area (Å²) in [4.78, 5) is 33.9. The SMILES string of the molecule is Cc1cnc(N2CCN(C(=O)c3ccc(C4CCNC4=O)cc3NS(C)(=O)=O)CC2)c(C)c1. The molecular formula is C23H29N5O4S. The molecule has 0 saturated carbocycles. The van der Waals surface area contributed by atoms with Gasteiger partial charge in [0.05, 0.1) is 23.4 Å². The van der Waals surface area contributed by atoms with E-state index in [2.05, 4.69) is 26.0 Å². The number of aryl methyl sites for hydroxylation is 2. The fraction of sp³-hybridized carbons (Fsp3) is 0.435. The Morgan fingerprint density at radius 3 is 2.48 bits per heavy atom. The molecule has 1 unspecified atom stereocenters. The topological polar surface area (TPSA) is 112 Å². The number of carbonyl (C=O) groups excluding carboxylic acids is 2. The molecule has 10 heteroatoms. The van der Waals surface area contributed by atoms with Crippen LogP contribution in [0.4, 0.5) is 11.5 Å². The molecule has 2 amide bonds. The van der Waals surface area contributed by atoms with Crippen molar-refractivity contribution in [2.75, 3.05) is 48.6 Å². The number of nitrogens with one attached hydrogen (secondary N) is 2. The van der Waals surface area contributed by atoms with Crippen LogP contribution in [0.5, 0.6) is 0 Å². The molecule has 3 heterocycles. The zero-order valence-corrected chi connectivity index (χ0v) is 19.9. The number of carbonyl (C=O) groups is 2. The summed E-state index contributed by atoms with van der Waals surface area (Å²) in [5.74, 6) is 0.252. The third-order valence-electron chi connectivity index (χ3n) is 6.07. The molecule has 33 heavy (non-hydrogen) atoms. The molecule has 0 spiro atoms. The molecule has 176 valence electrons. The number of rotatable bonds is 5. The van der Waals surface area contributed by atoms with Gasteiger partial charge in [0.2, 0.25) is 15.9 Å². The molecule has 2 aliphatic rings. The molecule has 2 fully saturated rings. The number of nitrogens with zero attached hydrogens (tertiary/aromatic N) is 3. The highest BCUT2D eigenvalue weighted by Gasteiger charge is 2.29. The Balaban J connectivity index is 1.54. The standard InChI is InChI=1S/C23H29N5O4S/c1-15-12-16(2)21(25-14-15)27-8-10-28(11-9-27)23(30)19-5-4-17(18-6-7-24-22(18)29)13-20(19)26-33(3,31)32/h4-5,12-14,18,26H,6-11H2,1-3H3,(H,24,29). The number of pyridine rings is 1. The molecule has 2 aliphatic heterocycles. The highest BCUT2D eigenvalue weighted by Crippen LogP contribution is 2.29. The third-order valence-corrected chi connectivity index (χ3v) is 6.66. The first kappa shape index (κ1) is 23.0. The van der Waals surface area contributed by atoms with Crippen LogP contribution >= 0.6 is 0 Å². The highest BCUT2D eigenvalue weighted by molar-refractivity contribution is 7.92. The van der Waals surface area contributed by atoms with Crippen molar-refractivity contribution in [2.24, 2.45) is 0 Å². The Hall–Kier alpha value is -3.14. The van der Waals surface area contributed by atoms with Crippen LogP contribution in [0, 0.1) is 13.8 Å². The van der Waals surface area contributed by atoms with E-state index in [1.807, 2.05) is 20.0 Å². The van der Waals surface area contributed by atoms with Crippen LogP contribution in [0.3, 0.4) is 0 Å². The normalized spacial score (nSPS) is 18.9. The second kappa shape index (κ2) is 9.01. The molecule has 0 bridgehead atoms. The average Bonchev–Trinajstić information content (AvgIpc) is 3.18. The van der Waals surface area contributed by atoms with Crippen molar-refractivity contribution < 1.29 is 18.0 Å². The summed E-state index contributed by atoms with van der Waals surface area (Å²) < 4.78 is 26.4. The van der Waals surface area contributed by atoms with Crippen LogP contribution in [0.15, 0.2) is 30.5 Å². The molecular weight excluding hydrogens is 442 g/mol. The van der Waals surface area contributed by atoms with Crippen molar-refractivity contribution in [3.8, 4) is 0 Å². The largest absolute Gasteiger partial charge is 0.356 e. The van der Waals surface area contributed by atoms with E-state index < -0.39 is 10.0 Å². The molecule has 0 aliphatic carbocycles. The predicted molar refractivity (Wildman–Crippen MR) is 127 cm³/mol. The number of sulfonamides is 1. The summed E-state index contributed by atoms with van der Waals surface area (Å²) in [6, 6.07) is 7.07. The molecule has 1 atom stereocenters. The highest BCUT2D eigenvalue weighted by atomic mass is 32.2. The first-order valence-electron chi connectivity index (χ1n) is 11.0. The van der Waals surface area contributed by atoms with Crippen molar-refractivity contribution in [3.63, 3.8) is 0 Å². The van der Waals surface area contributed by atoms with Gasteiger partial charge in [-0.1, -0.05) is 12.1 Å². The van der Waals surface area contributed by atoms with Crippen molar-refractivity contribution in [3.05, 3.63) is 52.7 Å². The Morgan fingerprint density at radius 2 is 1.88 bits per heavy atom. The van der Waals surface area contributed by atoms with Crippen LogP contribution in [0.25, 0.3) is 0 Å². The van der Waals surface area contributed by atoms with Crippen molar-refractivity contribution >= 4 is 33.3 Å². The van der Waals surface area contributed by atoms with E-state index in [-0.39, 0.29) is 29.0 Å². The van der Waals surface area contributed by atoms with E-state index >= 15 is 0 Å². The Morgan fingerprint density at radius 1 is 1.15 bits per heavy atom. The number of hydrogen-bond acceptors (Lipinski definition) is 6. The van der Waals surface area contributed by atoms with Crippen LogP contribution in [0.1, 0.15) is 39.4 Å². The number of aromatic nitrogens is 1. The summed E-state index contributed by atoms with van der Waals surface area (Å²) in [5, 5.41) is 2.79. The molecule has 1 aromatic carbocycles. The van der Waals surface area contributed by atoms with Gasteiger partial charge in [-0.05, 0) is 49.1 Å². The molecule has 1 aromatic heterocycles. The van der Waals surface area contributed by atoms with Crippen LogP contribution < -0.4 is 14.9 Å². The van der Waals surface area contributed by atoms with Crippen molar-refractivity contribution in [1.82, 2.24) is 15.2 Å². The van der Waals surface area contributed by atoms with E-state index in [1.165, 1.54) is 0 Å². The van der Waals surface area contributed by atoms with E-state index in [0.29, 0.717) is 44.7 Å². The summed E-state index contributed by atoms with van der Waals surface area (Å²) in [7, 11) is -3.61. The lowest BCUT2D eigenvalue weighted by Crippen LogP contribution is -2.49. The lowest BCUT2D eigenvalue weighted by atomic mass is 9.95. The van der Waals surface area contributed by atoms with Crippen molar-refractivity contribution in [2.45, 2.75) is 26.2 Å². The van der Waals surface area contributed by atoms with Gasteiger partial charge in [0.15, 0.2) is 0 Å². The van der Waals surface area contributed by atoms with Gasteiger partial charge in [-0.15, -0.1) is 0 Å². The maximum atomic E-state index is 13.3. The molecule has 2 saturated heterocycles. The molecule has 0 radical (unpaired) electrons.